The minimum Gasteiger partial charge on any atom is -0.399 e. The molecule has 14 heavy (non-hydrogen) atoms. The van der Waals surface area contributed by atoms with Gasteiger partial charge in [-0.1, -0.05) is 0 Å². The second-order valence-corrected chi connectivity index (χ2v) is 3.19. The highest BCUT2D eigenvalue weighted by Gasteiger charge is 2.09. The van der Waals surface area contributed by atoms with Gasteiger partial charge in [-0.15, -0.1) is 0 Å². The van der Waals surface area contributed by atoms with E-state index in [2.05, 4.69) is 15.4 Å². The Hall–Kier alpha value is -1.33. The van der Waals surface area contributed by atoms with Gasteiger partial charge < -0.3 is 15.9 Å². The molecule has 0 radical (unpaired) electrons. The number of nitrogen functional groups attached to an aromatic ring is 1. The molecule has 5 nitrogen and oxygen atoms in total. The van der Waals surface area contributed by atoms with Gasteiger partial charge in [0.1, 0.15) is 5.82 Å². The Morgan fingerprint density at radius 2 is 2.21 bits per heavy atom. The molecule has 1 aromatic heterocycles. The lowest BCUT2D eigenvalue weighted by atomic mass is 10.4. The maximum Gasteiger partial charge on any atom is 0.142 e. The van der Waals surface area contributed by atoms with Gasteiger partial charge in [0.05, 0.1) is 13.2 Å². The summed E-state index contributed by atoms with van der Waals surface area (Å²) >= 11 is 0. The van der Waals surface area contributed by atoms with Crippen LogP contribution in [0, 0.1) is 0 Å². The Morgan fingerprint density at radius 1 is 1.43 bits per heavy atom. The van der Waals surface area contributed by atoms with Gasteiger partial charge in [0.2, 0.25) is 0 Å². The first-order valence-corrected chi connectivity index (χ1v) is 4.65. The third-order valence-electron chi connectivity index (χ3n) is 2.07. The Morgan fingerprint density at radius 3 is 2.93 bits per heavy atom. The molecule has 2 heterocycles. The van der Waals surface area contributed by atoms with Crippen LogP contribution in [-0.2, 0) is 4.74 Å². The van der Waals surface area contributed by atoms with E-state index in [-0.39, 0.29) is 0 Å². The molecule has 1 fully saturated rings. The molecule has 0 amide bonds. The lowest BCUT2D eigenvalue weighted by Gasteiger charge is -2.27. The normalized spacial score (nSPS) is 18.0. The van der Waals surface area contributed by atoms with Crippen molar-refractivity contribution in [3.05, 3.63) is 18.3 Å². The number of nitrogens with zero attached hydrogens (tertiary/aromatic N) is 2. The number of anilines is 2. The van der Waals surface area contributed by atoms with Crippen LogP contribution >= 0.6 is 0 Å². The molecule has 1 saturated heterocycles. The van der Waals surface area contributed by atoms with Crippen LogP contribution in [0.5, 0.6) is 0 Å². The average Bonchev–Trinajstić information content (AvgIpc) is 2.19. The number of aromatic nitrogens is 1. The Bertz CT molecular complexity index is 299. The Balaban J connectivity index is 1.95. The van der Waals surface area contributed by atoms with Crippen molar-refractivity contribution in [2.24, 2.45) is 0 Å². The highest BCUT2D eigenvalue weighted by molar-refractivity contribution is 5.47. The molecule has 0 aromatic carbocycles. The third kappa shape index (κ3) is 2.34. The van der Waals surface area contributed by atoms with E-state index in [9.17, 15) is 0 Å². The van der Waals surface area contributed by atoms with E-state index in [1.807, 2.05) is 6.07 Å². The van der Waals surface area contributed by atoms with Crippen molar-refractivity contribution < 1.29 is 4.74 Å². The third-order valence-corrected chi connectivity index (χ3v) is 2.07. The maximum atomic E-state index is 5.64. The standard InChI is InChI=1S/C9H14N4O/c10-8-1-2-11-9(7-8)12-13-3-5-14-6-4-13/h1-2,7H,3-6H2,(H3,10,11,12). The molecular formula is C9H14N4O. The van der Waals surface area contributed by atoms with Gasteiger partial charge in [-0.3, -0.25) is 0 Å². The summed E-state index contributed by atoms with van der Waals surface area (Å²) in [6.45, 7) is 3.26. The number of hydrogen-bond donors (Lipinski definition) is 2. The SMILES string of the molecule is Nc1ccnc(NN2CCOCC2)c1. The lowest BCUT2D eigenvalue weighted by molar-refractivity contribution is 0.0495. The molecule has 3 N–H and O–H groups in total. The van der Waals surface area contributed by atoms with Gasteiger partial charge in [-0.25, -0.2) is 9.99 Å². The van der Waals surface area contributed by atoms with Crippen LogP contribution < -0.4 is 11.2 Å². The number of nitrogens with one attached hydrogen (secondary N) is 1. The predicted molar refractivity (Wildman–Crippen MR) is 54.7 cm³/mol. The van der Waals surface area contributed by atoms with Gasteiger partial charge in [-0.05, 0) is 6.07 Å². The molecule has 1 aromatic rings. The molecule has 0 bridgehead atoms. The summed E-state index contributed by atoms with van der Waals surface area (Å²) in [5.41, 5.74) is 9.54. The summed E-state index contributed by atoms with van der Waals surface area (Å²) in [5, 5.41) is 2.07. The van der Waals surface area contributed by atoms with Crippen molar-refractivity contribution in [3.63, 3.8) is 0 Å². The fraction of sp³-hybridized carbons (Fsp3) is 0.444. The van der Waals surface area contributed by atoms with Crippen molar-refractivity contribution in [2.75, 3.05) is 37.5 Å². The monoisotopic (exact) mass is 194 g/mol. The number of ether oxygens (including phenoxy) is 1. The van der Waals surface area contributed by atoms with Crippen molar-refractivity contribution in [2.45, 2.75) is 0 Å². The molecule has 0 aliphatic carbocycles. The van der Waals surface area contributed by atoms with E-state index < -0.39 is 0 Å². The molecule has 0 unspecified atom stereocenters. The summed E-state index contributed by atoms with van der Waals surface area (Å²) in [6.07, 6.45) is 1.69. The number of morpholine rings is 1. The quantitative estimate of drug-likeness (QED) is 0.710. The van der Waals surface area contributed by atoms with Crippen molar-refractivity contribution in [1.82, 2.24) is 9.99 Å². The van der Waals surface area contributed by atoms with Crippen molar-refractivity contribution >= 4 is 11.5 Å². The van der Waals surface area contributed by atoms with Crippen LogP contribution in [0.25, 0.3) is 0 Å². The second-order valence-electron chi connectivity index (χ2n) is 3.19. The number of rotatable bonds is 2. The Labute approximate surface area is 82.8 Å². The van der Waals surface area contributed by atoms with E-state index in [4.69, 9.17) is 10.5 Å². The smallest absolute Gasteiger partial charge is 0.142 e. The van der Waals surface area contributed by atoms with Crippen LogP contribution in [0.4, 0.5) is 11.5 Å². The zero-order chi connectivity index (χ0) is 9.80. The summed E-state index contributed by atoms with van der Waals surface area (Å²) in [4.78, 5) is 4.16. The van der Waals surface area contributed by atoms with Gasteiger partial charge >= 0.3 is 0 Å². The van der Waals surface area contributed by atoms with E-state index in [0.717, 1.165) is 37.8 Å². The molecule has 76 valence electrons. The topological polar surface area (TPSA) is 63.4 Å². The van der Waals surface area contributed by atoms with Gasteiger partial charge in [0.15, 0.2) is 0 Å². The maximum absolute atomic E-state index is 5.64. The largest absolute Gasteiger partial charge is 0.399 e. The van der Waals surface area contributed by atoms with Gasteiger partial charge in [0.25, 0.3) is 0 Å². The summed E-state index contributed by atoms with van der Waals surface area (Å²) in [7, 11) is 0. The van der Waals surface area contributed by atoms with Crippen LogP contribution in [0.3, 0.4) is 0 Å². The number of nitrogens with two attached hydrogens (primary N) is 1. The minimum atomic E-state index is 0.718. The van der Waals surface area contributed by atoms with Gasteiger partial charge in [0, 0.05) is 31.0 Å². The molecule has 1 aliphatic rings. The van der Waals surface area contributed by atoms with Crippen LogP contribution in [0.1, 0.15) is 0 Å². The van der Waals surface area contributed by atoms with Crippen molar-refractivity contribution in [1.29, 1.82) is 0 Å². The highest BCUT2D eigenvalue weighted by atomic mass is 16.5. The zero-order valence-corrected chi connectivity index (χ0v) is 7.94. The molecule has 0 atom stereocenters. The summed E-state index contributed by atoms with van der Waals surface area (Å²) in [6, 6.07) is 3.58. The highest BCUT2D eigenvalue weighted by Crippen LogP contribution is 2.09. The first-order valence-electron chi connectivity index (χ1n) is 4.65. The fourth-order valence-corrected chi connectivity index (χ4v) is 1.35. The van der Waals surface area contributed by atoms with E-state index in [0.29, 0.717) is 0 Å². The average molecular weight is 194 g/mol. The number of pyridine rings is 1. The summed E-state index contributed by atoms with van der Waals surface area (Å²) < 4.78 is 5.23. The Kier molecular flexibility index (Phi) is 2.81. The second kappa shape index (κ2) is 4.26. The first-order chi connectivity index (χ1) is 6.84. The minimum absolute atomic E-state index is 0.718. The molecule has 1 aliphatic heterocycles. The molecular weight excluding hydrogens is 180 g/mol. The van der Waals surface area contributed by atoms with E-state index >= 15 is 0 Å². The van der Waals surface area contributed by atoms with Crippen LogP contribution in [0.15, 0.2) is 18.3 Å². The summed E-state index contributed by atoms with van der Waals surface area (Å²) in [5.74, 6) is 0.784. The predicted octanol–water partition coefficient (Wildman–Crippen LogP) is 0.323. The van der Waals surface area contributed by atoms with Crippen LogP contribution in [0.2, 0.25) is 0 Å². The lowest BCUT2D eigenvalue weighted by Crippen LogP contribution is -2.40. The van der Waals surface area contributed by atoms with Crippen molar-refractivity contribution in [3.8, 4) is 0 Å². The van der Waals surface area contributed by atoms with E-state index in [1.165, 1.54) is 0 Å². The number of hydrogen-bond acceptors (Lipinski definition) is 5. The molecule has 0 spiro atoms. The number of hydrazine groups is 1. The van der Waals surface area contributed by atoms with Gasteiger partial charge in [-0.2, -0.15) is 0 Å². The molecule has 2 rings (SSSR count). The molecule has 5 heteroatoms. The fourth-order valence-electron chi connectivity index (χ4n) is 1.35. The van der Waals surface area contributed by atoms with E-state index in [1.54, 1.807) is 12.3 Å². The van der Waals surface area contributed by atoms with Crippen LogP contribution in [-0.4, -0.2) is 36.3 Å². The molecule has 0 saturated carbocycles. The first kappa shape index (κ1) is 9.23. The zero-order valence-electron chi connectivity index (χ0n) is 7.94.